The van der Waals surface area contributed by atoms with Crippen LogP contribution in [0.25, 0.3) is 11.0 Å². The predicted octanol–water partition coefficient (Wildman–Crippen LogP) is 4.97. The smallest absolute Gasteiger partial charge is 0.287 e. The molecule has 1 fully saturated rings. The largest absolute Gasteiger partial charge is 0.497 e. The van der Waals surface area contributed by atoms with Gasteiger partial charge in [0.05, 0.1) is 13.2 Å². The SMILES string of the molecule is COc1ccc([C@@H](CNC(=O)c2oc3ccc(Cl)cc3c2C)N2CCCC2)cc1. The number of fused-ring (bicyclic) bond motifs is 1. The summed E-state index contributed by atoms with van der Waals surface area (Å²) in [5.41, 5.74) is 2.64. The molecule has 4 rings (SSSR count). The number of furan rings is 1. The van der Waals surface area contributed by atoms with Crippen LogP contribution in [0, 0.1) is 6.92 Å². The predicted molar refractivity (Wildman–Crippen MR) is 115 cm³/mol. The van der Waals surface area contributed by atoms with E-state index in [1.807, 2.05) is 25.1 Å². The Kier molecular flexibility index (Phi) is 5.79. The van der Waals surface area contributed by atoms with Gasteiger partial charge in [-0.25, -0.2) is 0 Å². The summed E-state index contributed by atoms with van der Waals surface area (Å²) < 4.78 is 11.1. The zero-order chi connectivity index (χ0) is 20.4. The maximum Gasteiger partial charge on any atom is 0.287 e. The lowest BCUT2D eigenvalue weighted by atomic mass is 10.0. The summed E-state index contributed by atoms with van der Waals surface area (Å²) >= 11 is 6.09. The van der Waals surface area contributed by atoms with E-state index in [9.17, 15) is 4.79 Å². The highest BCUT2D eigenvalue weighted by Crippen LogP contribution is 2.29. The molecule has 152 valence electrons. The van der Waals surface area contributed by atoms with Gasteiger partial charge in [0.2, 0.25) is 0 Å². The van der Waals surface area contributed by atoms with Crippen LogP contribution in [-0.2, 0) is 0 Å². The molecule has 1 atom stereocenters. The second-order valence-electron chi connectivity index (χ2n) is 7.44. The topological polar surface area (TPSA) is 54.7 Å². The van der Waals surface area contributed by atoms with Gasteiger partial charge in [0.15, 0.2) is 5.76 Å². The van der Waals surface area contributed by atoms with E-state index in [0.29, 0.717) is 22.9 Å². The first-order chi connectivity index (χ1) is 14.1. The lowest BCUT2D eigenvalue weighted by Gasteiger charge is -2.28. The molecule has 0 radical (unpaired) electrons. The number of nitrogens with one attached hydrogen (secondary N) is 1. The fourth-order valence-corrected chi connectivity index (χ4v) is 4.19. The number of carbonyl (C=O) groups excluding carboxylic acids is 1. The van der Waals surface area contributed by atoms with E-state index in [-0.39, 0.29) is 11.9 Å². The Balaban J connectivity index is 1.53. The van der Waals surface area contributed by atoms with Crippen LogP contribution in [-0.4, -0.2) is 37.6 Å². The fraction of sp³-hybridized carbons (Fsp3) is 0.348. The van der Waals surface area contributed by atoms with Gasteiger partial charge in [0.25, 0.3) is 5.91 Å². The molecule has 29 heavy (non-hydrogen) atoms. The van der Waals surface area contributed by atoms with Crippen molar-refractivity contribution in [2.75, 3.05) is 26.7 Å². The van der Waals surface area contributed by atoms with Gasteiger partial charge < -0.3 is 14.5 Å². The van der Waals surface area contributed by atoms with Crippen molar-refractivity contribution >= 4 is 28.5 Å². The molecule has 2 heterocycles. The summed E-state index contributed by atoms with van der Waals surface area (Å²) in [6.07, 6.45) is 2.37. The number of methoxy groups -OCH3 is 1. The Hall–Kier alpha value is -2.50. The fourth-order valence-electron chi connectivity index (χ4n) is 4.02. The van der Waals surface area contributed by atoms with E-state index < -0.39 is 0 Å². The Labute approximate surface area is 175 Å². The summed E-state index contributed by atoms with van der Waals surface area (Å²) in [5, 5.41) is 4.58. The van der Waals surface area contributed by atoms with Gasteiger partial charge in [-0.15, -0.1) is 0 Å². The van der Waals surface area contributed by atoms with E-state index in [0.717, 1.165) is 29.8 Å². The van der Waals surface area contributed by atoms with Crippen LogP contribution in [0.4, 0.5) is 0 Å². The van der Waals surface area contributed by atoms with Crippen molar-refractivity contribution in [3.63, 3.8) is 0 Å². The second-order valence-corrected chi connectivity index (χ2v) is 7.88. The molecule has 0 unspecified atom stereocenters. The first-order valence-corrected chi connectivity index (χ1v) is 10.3. The van der Waals surface area contributed by atoms with Crippen molar-refractivity contribution in [2.45, 2.75) is 25.8 Å². The zero-order valence-corrected chi connectivity index (χ0v) is 17.5. The average Bonchev–Trinajstić information content (AvgIpc) is 3.37. The van der Waals surface area contributed by atoms with Crippen molar-refractivity contribution in [1.29, 1.82) is 0 Å². The summed E-state index contributed by atoms with van der Waals surface area (Å²) in [7, 11) is 1.66. The van der Waals surface area contributed by atoms with Crippen LogP contribution in [0.5, 0.6) is 5.75 Å². The Bertz CT molecular complexity index is 1010. The minimum atomic E-state index is -0.201. The van der Waals surface area contributed by atoms with Crippen molar-refractivity contribution in [2.24, 2.45) is 0 Å². The van der Waals surface area contributed by atoms with Crippen LogP contribution in [0.2, 0.25) is 5.02 Å². The number of benzene rings is 2. The van der Waals surface area contributed by atoms with E-state index in [1.54, 1.807) is 19.2 Å². The summed E-state index contributed by atoms with van der Waals surface area (Å²) in [6, 6.07) is 13.6. The molecule has 1 aliphatic rings. The molecule has 1 amide bonds. The molecule has 0 spiro atoms. The van der Waals surface area contributed by atoms with Gasteiger partial charge >= 0.3 is 0 Å². The maximum atomic E-state index is 12.9. The highest BCUT2D eigenvalue weighted by molar-refractivity contribution is 6.31. The summed E-state index contributed by atoms with van der Waals surface area (Å²) in [4.78, 5) is 15.3. The summed E-state index contributed by atoms with van der Waals surface area (Å²) in [5.74, 6) is 0.971. The molecule has 3 aromatic rings. The highest BCUT2D eigenvalue weighted by atomic mass is 35.5. The molecule has 6 heteroatoms. The lowest BCUT2D eigenvalue weighted by molar-refractivity contribution is 0.0911. The van der Waals surface area contributed by atoms with Gasteiger partial charge in [0.1, 0.15) is 11.3 Å². The molecule has 1 saturated heterocycles. The Morgan fingerprint density at radius 1 is 1.21 bits per heavy atom. The number of nitrogens with zero attached hydrogens (tertiary/aromatic N) is 1. The van der Waals surface area contributed by atoms with E-state index in [2.05, 4.69) is 22.3 Å². The third-order valence-corrected chi connectivity index (χ3v) is 5.88. The molecule has 2 aromatic carbocycles. The number of carbonyl (C=O) groups is 1. The summed E-state index contributed by atoms with van der Waals surface area (Å²) in [6.45, 7) is 4.48. The Morgan fingerprint density at radius 2 is 1.93 bits per heavy atom. The molecule has 5 nitrogen and oxygen atoms in total. The lowest BCUT2D eigenvalue weighted by Crippen LogP contribution is -2.36. The van der Waals surface area contributed by atoms with E-state index in [1.165, 1.54) is 18.4 Å². The number of hydrogen-bond acceptors (Lipinski definition) is 4. The van der Waals surface area contributed by atoms with Crippen LogP contribution in [0.3, 0.4) is 0 Å². The third-order valence-electron chi connectivity index (χ3n) is 5.64. The normalized spacial score (nSPS) is 15.6. The average molecular weight is 413 g/mol. The molecular weight excluding hydrogens is 388 g/mol. The number of aryl methyl sites for hydroxylation is 1. The first kappa shape index (κ1) is 19.8. The quantitative estimate of drug-likeness (QED) is 0.621. The van der Waals surface area contributed by atoms with Crippen molar-refractivity contribution in [3.8, 4) is 5.75 Å². The maximum absolute atomic E-state index is 12.9. The van der Waals surface area contributed by atoms with E-state index >= 15 is 0 Å². The number of amides is 1. The van der Waals surface area contributed by atoms with Crippen molar-refractivity contribution in [1.82, 2.24) is 10.2 Å². The second kappa shape index (κ2) is 8.47. The van der Waals surface area contributed by atoms with Gasteiger partial charge in [-0.2, -0.15) is 0 Å². The molecule has 1 N–H and O–H groups in total. The Morgan fingerprint density at radius 3 is 2.62 bits per heavy atom. The minimum absolute atomic E-state index is 0.117. The first-order valence-electron chi connectivity index (χ1n) is 9.91. The van der Waals surface area contributed by atoms with Gasteiger partial charge in [-0.05, 0) is 68.8 Å². The van der Waals surface area contributed by atoms with Crippen LogP contribution < -0.4 is 10.1 Å². The number of hydrogen-bond donors (Lipinski definition) is 1. The molecule has 0 aliphatic carbocycles. The van der Waals surface area contributed by atoms with Crippen molar-refractivity contribution in [3.05, 3.63) is 64.4 Å². The molecular formula is C23H25ClN2O3. The minimum Gasteiger partial charge on any atom is -0.497 e. The highest BCUT2D eigenvalue weighted by Gasteiger charge is 2.25. The van der Waals surface area contributed by atoms with Crippen LogP contribution in [0.15, 0.2) is 46.9 Å². The standard InChI is InChI=1S/C23H25ClN2O3/c1-15-19-13-17(24)7-10-21(19)29-22(15)23(27)25-14-20(26-11-3-4-12-26)16-5-8-18(28-2)9-6-16/h5-10,13,20H,3-4,11-12,14H2,1-2H3,(H,25,27)/t20-/m1/s1. The van der Waals surface area contributed by atoms with Crippen LogP contribution >= 0.6 is 11.6 Å². The number of rotatable bonds is 6. The molecule has 1 aliphatic heterocycles. The van der Waals surface area contributed by atoms with E-state index in [4.69, 9.17) is 20.8 Å². The zero-order valence-electron chi connectivity index (χ0n) is 16.7. The van der Waals surface area contributed by atoms with Crippen LogP contribution in [0.1, 0.15) is 40.6 Å². The van der Waals surface area contributed by atoms with Gasteiger partial charge in [0, 0.05) is 22.5 Å². The molecule has 0 bridgehead atoms. The molecule has 1 aromatic heterocycles. The monoisotopic (exact) mass is 412 g/mol. The van der Waals surface area contributed by atoms with Crippen molar-refractivity contribution < 1.29 is 13.9 Å². The van der Waals surface area contributed by atoms with Gasteiger partial charge in [-0.3, -0.25) is 9.69 Å². The molecule has 0 saturated carbocycles. The van der Waals surface area contributed by atoms with Gasteiger partial charge in [-0.1, -0.05) is 23.7 Å². The number of halogens is 1. The third kappa shape index (κ3) is 4.11. The number of ether oxygens (including phenoxy) is 1. The number of likely N-dealkylation sites (tertiary alicyclic amines) is 1.